The van der Waals surface area contributed by atoms with Crippen LogP contribution in [-0.2, 0) is 43.1 Å². The summed E-state index contributed by atoms with van der Waals surface area (Å²) in [6.07, 6.45) is 0.541. The van der Waals surface area contributed by atoms with Crippen LogP contribution < -0.4 is 19.7 Å². The monoisotopic (exact) mass is 994 g/mol. The summed E-state index contributed by atoms with van der Waals surface area (Å²) in [5, 5.41) is 44.9. The van der Waals surface area contributed by atoms with E-state index in [-0.39, 0.29) is 29.4 Å². The van der Waals surface area contributed by atoms with E-state index in [0.717, 1.165) is 44.5 Å². The van der Waals surface area contributed by atoms with Crippen molar-refractivity contribution < 1.29 is 38.6 Å². The van der Waals surface area contributed by atoms with Crippen molar-refractivity contribution in [2.24, 2.45) is 0 Å². The summed E-state index contributed by atoms with van der Waals surface area (Å²) in [6.45, 7) is 15.9. The van der Waals surface area contributed by atoms with Crippen LogP contribution in [0.3, 0.4) is 0 Å². The van der Waals surface area contributed by atoms with Gasteiger partial charge in [0.2, 0.25) is 0 Å². The molecule has 0 aromatic heterocycles. The molecule has 0 radical (unpaired) electrons. The average molecular weight is 995 g/mol. The Morgan fingerprint density at radius 3 is 1.25 bits per heavy atom. The fourth-order valence-corrected chi connectivity index (χ4v) is 16.0. The van der Waals surface area contributed by atoms with Gasteiger partial charge in [-0.2, -0.15) is 0 Å². The van der Waals surface area contributed by atoms with E-state index in [4.69, 9.17) is 9.05 Å². The van der Waals surface area contributed by atoms with Gasteiger partial charge in [0, 0.05) is 28.5 Å². The van der Waals surface area contributed by atoms with Crippen molar-refractivity contribution in [3.63, 3.8) is 0 Å². The Hall–Kier alpha value is -6.98. The van der Waals surface area contributed by atoms with Crippen LogP contribution in [0.2, 0.25) is 0 Å². The van der Waals surface area contributed by atoms with E-state index in [0.29, 0.717) is 50.8 Å². The van der Waals surface area contributed by atoms with Crippen LogP contribution in [0.25, 0.3) is 22.3 Å². The number of benzene rings is 8. The summed E-state index contributed by atoms with van der Waals surface area (Å²) in [5.41, 5.74) is 7.94. The van der Waals surface area contributed by atoms with Crippen LogP contribution in [0.15, 0.2) is 170 Å². The number of phenolic OH excluding ortho intramolecular Hbond substituents is 4. The molecule has 2 heterocycles. The van der Waals surface area contributed by atoms with Crippen molar-refractivity contribution in [2.75, 3.05) is 0 Å². The maximum Gasteiger partial charge on any atom is 0.287 e. The van der Waals surface area contributed by atoms with Gasteiger partial charge in [-0.25, -0.2) is 0 Å². The summed E-state index contributed by atoms with van der Waals surface area (Å²) in [6, 6.07) is 52.5. The summed E-state index contributed by atoms with van der Waals surface area (Å²) in [7, 11) is -7.21. The van der Waals surface area contributed by atoms with E-state index >= 15 is 9.13 Å². The Balaban J connectivity index is 0.928. The van der Waals surface area contributed by atoms with Crippen molar-refractivity contribution in [1.82, 2.24) is 0 Å². The normalized spacial score (nSPS) is 17.4. The molecule has 4 N–H and O–H groups in total. The lowest BCUT2D eigenvalue weighted by atomic mass is 9.74. The van der Waals surface area contributed by atoms with Crippen LogP contribution in [0, 0.1) is 0 Å². The van der Waals surface area contributed by atoms with Crippen molar-refractivity contribution in [3.8, 4) is 56.8 Å². The minimum absolute atomic E-state index is 0.0470. The summed E-state index contributed by atoms with van der Waals surface area (Å²) in [5.74, 6) is 1.46. The number of rotatable bonds is 11. The maximum atomic E-state index is 15.4. The average Bonchev–Trinajstić information content (AvgIpc) is 3.36. The second-order valence-corrected chi connectivity index (χ2v) is 27.3. The fraction of sp³-hybridized carbons (Fsp3) is 0.226. The Morgan fingerprint density at radius 2 is 0.764 bits per heavy atom. The molecule has 0 saturated heterocycles. The highest BCUT2D eigenvalue weighted by molar-refractivity contribution is 7.69. The molecule has 0 aliphatic carbocycles. The number of hydrogen-bond acceptors (Lipinski definition) is 8. The van der Waals surface area contributed by atoms with Crippen molar-refractivity contribution in [3.05, 3.63) is 214 Å². The van der Waals surface area contributed by atoms with Gasteiger partial charge in [-0.05, 0) is 138 Å². The molecule has 72 heavy (non-hydrogen) atoms. The van der Waals surface area contributed by atoms with E-state index in [1.165, 1.54) is 0 Å². The van der Waals surface area contributed by atoms with Crippen molar-refractivity contribution in [2.45, 2.75) is 89.4 Å². The van der Waals surface area contributed by atoms with Gasteiger partial charge in [-0.15, -0.1) is 0 Å². The molecule has 0 bridgehead atoms. The third kappa shape index (κ3) is 7.82. The molecule has 8 aromatic carbocycles. The molecule has 0 fully saturated rings. The first kappa shape index (κ1) is 48.6. The number of para-hydroxylation sites is 2. The Kier molecular flexibility index (Phi) is 11.7. The maximum absolute atomic E-state index is 15.4. The lowest BCUT2D eigenvalue weighted by molar-refractivity contribution is 0.420. The zero-order valence-corrected chi connectivity index (χ0v) is 43.7. The highest BCUT2D eigenvalue weighted by Gasteiger charge is 2.51. The predicted molar refractivity (Wildman–Crippen MR) is 290 cm³/mol. The molecular formula is C62H60O8P2. The first-order valence-corrected chi connectivity index (χ1v) is 27.6. The van der Waals surface area contributed by atoms with Crippen LogP contribution in [0.5, 0.6) is 34.5 Å². The summed E-state index contributed by atoms with van der Waals surface area (Å²) in [4.78, 5) is 0. The molecular weight excluding hydrogens is 935 g/mol. The second kappa shape index (κ2) is 17.4. The van der Waals surface area contributed by atoms with E-state index in [1.807, 2.05) is 181 Å². The molecule has 0 saturated carbocycles. The minimum atomic E-state index is -3.61. The first-order chi connectivity index (χ1) is 34.1. The van der Waals surface area contributed by atoms with Gasteiger partial charge in [-0.1, -0.05) is 149 Å². The zero-order valence-electron chi connectivity index (χ0n) is 41.9. The number of fused-ring (bicyclic) bond motifs is 6. The van der Waals surface area contributed by atoms with Gasteiger partial charge in [0.25, 0.3) is 14.7 Å². The molecule has 0 amide bonds. The smallest absolute Gasteiger partial charge is 0.287 e. The Labute approximate surface area is 422 Å². The first-order valence-electron chi connectivity index (χ1n) is 24.4. The zero-order chi connectivity index (χ0) is 51.2. The molecule has 10 heteroatoms. The molecule has 2 unspecified atom stereocenters. The molecule has 366 valence electrons. The van der Waals surface area contributed by atoms with Crippen LogP contribution in [0.1, 0.15) is 99.9 Å². The third-order valence-electron chi connectivity index (χ3n) is 15.6. The highest BCUT2D eigenvalue weighted by Crippen LogP contribution is 2.68. The van der Waals surface area contributed by atoms with Gasteiger partial charge in [-0.3, -0.25) is 9.13 Å². The summed E-state index contributed by atoms with van der Waals surface area (Å²) < 4.78 is 43.9. The van der Waals surface area contributed by atoms with Gasteiger partial charge in [0.15, 0.2) is 0 Å². The number of aromatic hydroxyl groups is 4. The number of hydrogen-bond donors (Lipinski definition) is 4. The predicted octanol–water partition coefficient (Wildman–Crippen LogP) is 14.7. The Morgan fingerprint density at radius 1 is 0.403 bits per heavy atom. The largest absolute Gasteiger partial charge is 0.508 e. The third-order valence-corrected chi connectivity index (χ3v) is 22.0. The summed E-state index contributed by atoms with van der Waals surface area (Å²) >= 11 is 0. The SMILES string of the molecule is CC(C)(Cc1cc(C(C)(C)c2ccc(O)c(Cc3cc(C(C)(C)P4(=O)Oc5ccccc5-c5ccccc54)ccc3O)c2)ccc1O)c1cc(C(C)(C)P2(=O)Oc3ccccc3-c3ccccc32)ccc1O. The van der Waals surface area contributed by atoms with Crippen LogP contribution >= 0.6 is 14.7 Å². The van der Waals surface area contributed by atoms with E-state index < -0.39 is 35.9 Å². The van der Waals surface area contributed by atoms with Gasteiger partial charge < -0.3 is 29.5 Å². The molecule has 2 aliphatic rings. The minimum Gasteiger partial charge on any atom is -0.508 e. The van der Waals surface area contributed by atoms with Gasteiger partial charge in [0.05, 0.1) is 20.9 Å². The molecule has 2 atom stereocenters. The fourth-order valence-electron chi connectivity index (χ4n) is 10.7. The van der Waals surface area contributed by atoms with Gasteiger partial charge >= 0.3 is 0 Å². The lowest BCUT2D eigenvalue weighted by Gasteiger charge is -2.39. The molecule has 8 aromatic rings. The van der Waals surface area contributed by atoms with Gasteiger partial charge in [0.1, 0.15) is 34.5 Å². The van der Waals surface area contributed by atoms with E-state index in [1.54, 1.807) is 30.3 Å². The van der Waals surface area contributed by atoms with Crippen molar-refractivity contribution in [1.29, 1.82) is 0 Å². The van der Waals surface area contributed by atoms with E-state index in [9.17, 15) is 20.4 Å². The Bertz CT molecular complexity index is 3570. The standard InChI is InChI=1S/C62H60O8P2/c1-59(2,50-37-45(28-32-54(50)66)62(7,8)72(68)58-24-16-12-20-49(58)47-18-10-14-22-56(47)70-72)38-41-36-43(26-30-53(41)65)60(3,4)42-25-29-51(63)39(34-42)33-40-35-44(27-31-52(40)64)61(5,6)71(67)57-23-15-11-19-48(57)46-17-9-13-21-55(46)69-71/h9-32,34-37,63-66H,33,38H2,1-8H3. The van der Waals surface area contributed by atoms with E-state index in [2.05, 4.69) is 13.8 Å². The van der Waals surface area contributed by atoms with Crippen LogP contribution in [-0.4, -0.2) is 20.4 Å². The molecule has 0 spiro atoms. The molecule has 10 rings (SSSR count). The molecule has 8 nitrogen and oxygen atoms in total. The van der Waals surface area contributed by atoms with Crippen molar-refractivity contribution >= 4 is 25.3 Å². The second-order valence-electron chi connectivity index (χ2n) is 21.6. The quantitative estimate of drug-likeness (QED) is 0.0942. The highest BCUT2D eigenvalue weighted by atomic mass is 31.2. The molecule has 2 aliphatic heterocycles. The number of phenols is 4. The topological polar surface area (TPSA) is 134 Å². The van der Waals surface area contributed by atoms with Crippen LogP contribution in [0.4, 0.5) is 0 Å². The lowest BCUT2D eigenvalue weighted by Crippen LogP contribution is -2.31.